The van der Waals surface area contributed by atoms with Gasteiger partial charge in [0.2, 0.25) is 5.91 Å². The van der Waals surface area contributed by atoms with Gasteiger partial charge in [-0.25, -0.2) is 13.4 Å². The molecule has 1 heterocycles. The van der Waals surface area contributed by atoms with Crippen LogP contribution in [-0.4, -0.2) is 30.4 Å². The van der Waals surface area contributed by atoms with E-state index in [4.69, 9.17) is 11.6 Å². The van der Waals surface area contributed by atoms with Crippen molar-refractivity contribution < 1.29 is 13.2 Å². The van der Waals surface area contributed by atoms with E-state index in [1.807, 2.05) is 0 Å². The minimum absolute atomic E-state index is 0.0315. The van der Waals surface area contributed by atoms with Crippen LogP contribution < -0.4 is 5.32 Å². The highest BCUT2D eigenvalue weighted by Crippen LogP contribution is 2.64. The Bertz CT molecular complexity index is 1050. The molecule has 27 heavy (non-hydrogen) atoms. The van der Waals surface area contributed by atoms with Crippen molar-refractivity contribution in [1.29, 1.82) is 0 Å². The maximum absolute atomic E-state index is 13.2. The van der Waals surface area contributed by atoms with Crippen LogP contribution in [0.5, 0.6) is 0 Å². The van der Waals surface area contributed by atoms with E-state index in [-0.39, 0.29) is 21.1 Å². The monoisotopic (exact) mass is 424 g/mol. The van der Waals surface area contributed by atoms with Crippen LogP contribution >= 0.6 is 22.9 Å². The van der Waals surface area contributed by atoms with Crippen LogP contribution in [0, 0.1) is 17.3 Å². The molecule has 0 radical (unpaired) electrons. The molecule has 4 saturated carbocycles. The molecule has 4 fully saturated rings. The van der Waals surface area contributed by atoms with Crippen LogP contribution in [0.15, 0.2) is 23.1 Å². The summed E-state index contributed by atoms with van der Waals surface area (Å²) in [5.41, 5.74) is 0.323. The molecular formula is C19H21ClN2O3S2. The Balaban J connectivity index is 1.43. The van der Waals surface area contributed by atoms with Gasteiger partial charge in [-0.2, -0.15) is 0 Å². The molecule has 1 amide bonds. The molecule has 0 aliphatic heterocycles. The van der Waals surface area contributed by atoms with Crippen LogP contribution in [0.2, 0.25) is 0 Å². The molecule has 2 aromatic rings. The predicted molar refractivity (Wildman–Crippen MR) is 107 cm³/mol. The molecule has 2 unspecified atom stereocenters. The maximum Gasteiger partial charge on any atom is 0.232 e. The van der Waals surface area contributed by atoms with Crippen LogP contribution in [-0.2, 0) is 14.6 Å². The Kier molecular flexibility index (Phi) is 3.76. The van der Waals surface area contributed by atoms with Crippen molar-refractivity contribution in [2.24, 2.45) is 17.3 Å². The number of nitrogens with one attached hydrogen (secondary N) is 1. The largest absolute Gasteiger partial charge is 0.301 e. The summed E-state index contributed by atoms with van der Waals surface area (Å²) in [5, 5.41) is 3.55. The number of alkyl halides is 1. The number of hydrogen-bond acceptors (Lipinski definition) is 5. The summed E-state index contributed by atoms with van der Waals surface area (Å²) in [5.74, 6) is 1.15. The van der Waals surface area contributed by atoms with E-state index < -0.39 is 9.84 Å². The van der Waals surface area contributed by atoms with Crippen LogP contribution in [0.3, 0.4) is 0 Å². The van der Waals surface area contributed by atoms with Crippen molar-refractivity contribution in [1.82, 2.24) is 4.98 Å². The van der Waals surface area contributed by atoms with Gasteiger partial charge in [-0.05, 0) is 68.6 Å². The molecule has 1 aromatic heterocycles. The topological polar surface area (TPSA) is 76.1 Å². The minimum Gasteiger partial charge on any atom is -0.301 e. The molecule has 4 bridgehead atoms. The van der Waals surface area contributed by atoms with E-state index in [0.717, 1.165) is 36.8 Å². The number of thiazole rings is 1. The SMILES string of the molecule is CS(=O)(=O)c1ccc2nc(NC(=O)C34CC5CC(CC(Cl)(C5)C3)C4)sc2c1. The van der Waals surface area contributed by atoms with E-state index in [2.05, 4.69) is 10.3 Å². The van der Waals surface area contributed by atoms with E-state index >= 15 is 0 Å². The Morgan fingerprint density at radius 2 is 1.96 bits per heavy atom. The van der Waals surface area contributed by atoms with Crippen molar-refractivity contribution in [2.75, 3.05) is 11.6 Å². The van der Waals surface area contributed by atoms with Gasteiger partial charge in [0.1, 0.15) is 0 Å². The second-order valence-electron chi connectivity index (χ2n) is 8.77. The second-order valence-corrected chi connectivity index (χ2v) is 12.6. The molecule has 5 nitrogen and oxygen atoms in total. The fourth-order valence-corrected chi connectivity index (χ4v) is 8.15. The first-order chi connectivity index (χ1) is 12.6. The van der Waals surface area contributed by atoms with Gasteiger partial charge < -0.3 is 5.32 Å². The molecule has 0 saturated heterocycles. The number of halogens is 1. The summed E-state index contributed by atoms with van der Waals surface area (Å²) in [6, 6.07) is 4.87. The molecule has 144 valence electrons. The average molecular weight is 425 g/mol. The van der Waals surface area contributed by atoms with Gasteiger partial charge in [-0.1, -0.05) is 11.3 Å². The fourth-order valence-electron chi connectivity index (χ4n) is 5.84. The minimum atomic E-state index is -3.27. The van der Waals surface area contributed by atoms with Crippen molar-refractivity contribution >= 4 is 54.0 Å². The van der Waals surface area contributed by atoms with Crippen molar-refractivity contribution in [3.05, 3.63) is 18.2 Å². The van der Waals surface area contributed by atoms with Gasteiger partial charge in [-0.3, -0.25) is 4.79 Å². The number of anilines is 1. The third-order valence-electron chi connectivity index (χ3n) is 6.48. The molecule has 1 aromatic carbocycles. The zero-order valence-electron chi connectivity index (χ0n) is 15.0. The lowest BCUT2D eigenvalue weighted by molar-refractivity contribution is -0.138. The molecule has 8 heteroatoms. The number of hydrogen-bond donors (Lipinski definition) is 1. The third-order valence-corrected chi connectivity index (χ3v) is 8.97. The maximum atomic E-state index is 13.2. The van der Waals surface area contributed by atoms with E-state index in [1.54, 1.807) is 18.2 Å². The van der Waals surface area contributed by atoms with Crippen molar-refractivity contribution in [3.63, 3.8) is 0 Å². The van der Waals surface area contributed by atoms with Gasteiger partial charge in [0.05, 0.1) is 20.5 Å². The number of fused-ring (bicyclic) bond motifs is 1. The second kappa shape index (κ2) is 5.67. The van der Waals surface area contributed by atoms with E-state index in [9.17, 15) is 13.2 Å². The quantitative estimate of drug-likeness (QED) is 0.748. The Morgan fingerprint density at radius 1 is 1.26 bits per heavy atom. The molecule has 0 spiro atoms. The number of sulfone groups is 1. The van der Waals surface area contributed by atoms with Gasteiger partial charge in [0.15, 0.2) is 15.0 Å². The molecular weight excluding hydrogens is 404 g/mol. The number of carbonyl (C=O) groups is 1. The summed E-state index contributed by atoms with van der Waals surface area (Å²) in [4.78, 5) is 17.7. The number of amides is 1. The summed E-state index contributed by atoms with van der Waals surface area (Å²) in [6.07, 6.45) is 7.07. The molecule has 2 atom stereocenters. The summed E-state index contributed by atoms with van der Waals surface area (Å²) < 4.78 is 24.3. The lowest BCUT2D eigenvalue weighted by atomic mass is 9.49. The molecule has 4 aliphatic carbocycles. The number of benzene rings is 1. The molecule has 4 aliphatic rings. The average Bonchev–Trinajstić information content (AvgIpc) is 2.92. The lowest BCUT2D eigenvalue weighted by Gasteiger charge is -2.59. The fraction of sp³-hybridized carbons (Fsp3) is 0.579. The van der Waals surface area contributed by atoms with Crippen molar-refractivity contribution in [3.8, 4) is 0 Å². The van der Waals surface area contributed by atoms with Gasteiger partial charge in [-0.15, -0.1) is 11.6 Å². The summed E-state index contributed by atoms with van der Waals surface area (Å²) in [7, 11) is -3.27. The highest BCUT2D eigenvalue weighted by Gasteiger charge is 2.60. The highest BCUT2D eigenvalue weighted by molar-refractivity contribution is 7.90. The standard InChI is InChI=1S/C19H21ClN2O3S2/c1-27(24,25)13-2-3-14-15(5-13)26-17(21-14)22-16(23)18-6-11-4-12(7-18)9-19(20,8-11)10-18/h2-3,5,11-12H,4,6-10H2,1H3,(H,21,22,23). The van der Waals surface area contributed by atoms with Crippen molar-refractivity contribution in [2.45, 2.75) is 48.3 Å². The van der Waals surface area contributed by atoms with Crippen LogP contribution in [0.25, 0.3) is 10.2 Å². The smallest absolute Gasteiger partial charge is 0.232 e. The third kappa shape index (κ3) is 2.98. The Labute approximate surface area is 167 Å². The zero-order chi connectivity index (χ0) is 19.0. The number of rotatable bonds is 3. The summed E-state index contributed by atoms with van der Waals surface area (Å²) in [6.45, 7) is 0. The van der Waals surface area contributed by atoms with Crippen LogP contribution in [0.4, 0.5) is 5.13 Å². The van der Waals surface area contributed by atoms with E-state index in [1.165, 1.54) is 24.0 Å². The van der Waals surface area contributed by atoms with Gasteiger partial charge in [0, 0.05) is 11.1 Å². The first-order valence-corrected chi connectivity index (χ1v) is 12.3. The first-order valence-electron chi connectivity index (χ1n) is 9.25. The predicted octanol–water partition coefficient (Wildman–Crippen LogP) is 4.22. The summed E-state index contributed by atoms with van der Waals surface area (Å²) >= 11 is 8.16. The Morgan fingerprint density at radius 3 is 2.59 bits per heavy atom. The van der Waals surface area contributed by atoms with Crippen LogP contribution in [0.1, 0.15) is 38.5 Å². The normalized spacial score (nSPS) is 34.9. The van der Waals surface area contributed by atoms with Gasteiger partial charge >= 0.3 is 0 Å². The first kappa shape index (κ1) is 17.9. The number of carbonyl (C=O) groups excluding carboxylic acids is 1. The zero-order valence-corrected chi connectivity index (χ0v) is 17.4. The lowest BCUT2D eigenvalue weighted by Crippen LogP contribution is -2.57. The molecule has 6 rings (SSSR count). The Hall–Kier alpha value is -1.18. The highest BCUT2D eigenvalue weighted by atomic mass is 35.5. The van der Waals surface area contributed by atoms with E-state index in [0.29, 0.717) is 22.5 Å². The number of nitrogens with zero attached hydrogens (tertiary/aromatic N) is 1. The van der Waals surface area contributed by atoms with Gasteiger partial charge in [0.25, 0.3) is 0 Å². The molecule has 1 N–H and O–H groups in total. The number of aromatic nitrogens is 1.